The van der Waals surface area contributed by atoms with E-state index in [2.05, 4.69) is 9.88 Å². The Bertz CT molecular complexity index is 897. The average Bonchev–Trinajstić information content (AvgIpc) is 3.27. The fourth-order valence-corrected chi connectivity index (χ4v) is 3.50. The van der Waals surface area contributed by atoms with Crippen LogP contribution in [0.15, 0.2) is 57.9 Å². The summed E-state index contributed by atoms with van der Waals surface area (Å²) in [6.45, 7) is 3.75. The van der Waals surface area contributed by atoms with Crippen molar-refractivity contribution >= 4 is 11.1 Å². The average molecular weight is 353 g/mol. The quantitative estimate of drug-likeness (QED) is 0.653. The first kappa shape index (κ1) is 17.0. The topological polar surface area (TPSA) is 60.5 Å². The highest BCUT2D eigenvalue weighted by molar-refractivity contribution is 5.72. The van der Waals surface area contributed by atoms with Gasteiger partial charge in [0.15, 0.2) is 5.58 Å². The number of aromatic nitrogens is 2. The number of fused-ring (bicyclic) bond motifs is 1. The lowest BCUT2D eigenvalue weighted by Crippen LogP contribution is -2.35. The van der Waals surface area contributed by atoms with Crippen LogP contribution in [0.3, 0.4) is 0 Å². The van der Waals surface area contributed by atoms with Crippen molar-refractivity contribution in [1.29, 1.82) is 0 Å². The Hall–Kier alpha value is -2.44. The Morgan fingerprint density at radius 3 is 2.88 bits per heavy atom. The second kappa shape index (κ2) is 7.85. The number of oxazole rings is 1. The summed E-state index contributed by atoms with van der Waals surface area (Å²) in [4.78, 5) is 18.9. The minimum atomic E-state index is -0.305. The number of ether oxygens (including phenoxy) is 1. The smallest absolute Gasteiger partial charge is 0.408 e. The zero-order chi connectivity index (χ0) is 17.8. The molecule has 0 aliphatic carbocycles. The molecule has 0 radical (unpaired) electrons. The standard InChI is InChI=1S/C20H23N3O3/c24-20-23(18-8-1-2-9-19(18)26-20)12-11-22(15-17-7-5-13-25-17)14-16-6-3-4-10-21-16/h1-4,6,8-10,17H,5,7,11-15H2/t17-/m0/s1. The number of para-hydroxylation sites is 2. The molecule has 6 nitrogen and oxygen atoms in total. The zero-order valence-electron chi connectivity index (χ0n) is 14.7. The van der Waals surface area contributed by atoms with Crippen molar-refractivity contribution in [3.63, 3.8) is 0 Å². The molecule has 6 heteroatoms. The maximum Gasteiger partial charge on any atom is 0.419 e. The monoisotopic (exact) mass is 353 g/mol. The maximum absolute atomic E-state index is 12.2. The van der Waals surface area contributed by atoms with Gasteiger partial charge in [0.25, 0.3) is 0 Å². The molecule has 0 amide bonds. The van der Waals surface area contributed by atoms with Crippen LogP contribution in [0.2, 0.25) is 0 Å². The molecule has 1 aliphatic rings. The lowest BCUT2D eigenvalue weighted by atomic mass is 10.2. The Kier molecular flexibility index (Phi) is 5.13. The lowest BCUT2D eigenvalue weighted by molar-refractivity contribution is 0.0688. The predicted octanol–water partition coefficient (Wildman–Crippen LogP) is 2.67. The van der Waals surface area contributed by atoms with Gasteiger partial charge >= 0.3 is 5.76 Å². The van der Waals surface area contributed by atoms with Crippen LogP contribution < -0.4 is 5.76 Å². The minimum absolute atomic E-state index is 0.261. The molecule has 1 fully saturated rings. The van der Waals surface area contributed by atoms with Gasteiger partial charge in [0.1, 0.15) is 0 Å². The first-order valence-electron chi connectivity index (χ1n) is 9.12. The summed E-state index contributed by atoms with van der Waals surface area (Å²) in [5, 5.41) is 0. The van der Waals surface area contributed by atoms with E-state index in [1.54, 1.807) is 4.57 Å². The van der Waals surface area contributed by atoms with E-state index >= 15 is 0 Å². The molecule has 3 aromatic rings. The largest absolute Gasteiger partial charge is 0.419 e. The van der Waals surface area contributed by atoms with Crippen LogP contribution in [0, 0.1) is 0 Å². The molecule has 0 spiro atoms. The summed E-state index contributed by atoms with van der Waals surface area (Å²) in [5.74, 6) is -0.305. The van der Waals surface area contributed by atoms with E-state index in [1.165, 1.54) is 0 Å². The molecule has 1 aromatic carbocycles. The summed E-state index contributed by atoms with van der Waals surface area (Å²) < 4.78 is 12.8. The van der Waals surface area contributed by atoms with Crippen LogP contribution in [0.25, 0.3) is 11.1 Å². The highest BCUT2D eigenvalue weighted by Crippen LogP contribution is 2.16. The van der Waals surface area contributed by atoms with Crippen LogP contribution in [0.4, 0.5) is 0 Å². The minimum Gasteiger partial charge on any atom is -0.408 e. The first-order valence-corrected chi connectivity index (χ1v) is 9.12. The number of nitrogens with zero attached hydrogens (tertiary/aromatic N) is 3. The van der Waals surface area contributed by atoms with Gasteiger partial charge in [-0.05, 0) is 37.1 Å². The molecular formula is C20H23N3O3. The fraction of sp³-hybridized carbons (Fsp3) is 0.400. The zero-order valence-corrected chi connectivity index (χ0v) is 14.7. The third kappa shape index (κ3) is 3.86. The van der Waals surface area contributed by atoms with Crippen molar-refractivity contribution in [2.24, 2.45) is 0 Å². The van der Waals surface area contributed by atoms with Crippen LogP contribution in [0.1, 0.15) is 18.5 Å². The van der Waals surface area contributed by atoms with Gasteiger partial charge in [0, 0.05) is 39.0 Å². The van der Waals surface area contributed by atoms with Crippen LogP contribution in [-0.4, -0.2) is 40.3 Å². The van der Waals surface area contributed by atoms with Gasteiger partial charge in [-0.25, -0.2) is 4.79 Å². The Labute approximate surface area is 152 Å². The molecule has 2 aromatic heterocycles. The molecule has 0 unspecified atom stereocenters. The van der Waals surface area contributed by atoms with Gasteiger partial charge in [0.05, 0.1) is 17.3 Å². The van der Waals surface area contributed by atoms with Crippen LogP contribution in [0.5, 0.6) is 0 Å². The second-order valence-electron chi connectivity index (χ2n) is 6.68. The van der Waals surface area contributed by atoms with Gasteiger partial charge in [-0.3, -0.25) is 14.5 Å². The molecule has 136 valence electrons. The Morgan fingerprint density at radius 2 is 2.08 bits per heavy atom. The molecule has 26 heavy (non-hydrogen) atoms. The van der Waals surface area contributed by atoms with Gasteiger partial charge in [-0.15, -0.1) is 0 Å². The van der Waals surface area contributed by atoms with Crippen molar-refractivity contribution in [1.82, 2.24) is 14.5 Å². The Morgan fingerprint density at radius 1 is 1.19 bits per heavy atom. The summed E-state index contributed by atoms with van der Waals surface area (Å²) in [6, 6.07) is 13.5. The van der Waals surface area contributed by atoms with E-state index in [4.69, 9.17) is 9.15 Å². The van der Waals surface area contributed by atoms with E-state index in [-0.39, 0.29) is 11.9 Å². The summed E-state index contributed by atoms with van der Waals surface area (Å²) in [5.41, 5.74) is 2.50. The van der Waals surface area contributed by atoms with Gasteiger partial charge in [-0.2, -0.15) is 0 Å². The van der Waals surface area contributed by atoms with E-state index in [0.717, 1.165) is 50.3 Å². The van der Waals surface area contributed by atoms with Crippen molar-refractivity contribution in [2.45, 2.75) is 32.0 Å². The predicted molar refractivity (Wildman–Crippen MR) is 99.0 cm³/mol. The highest BCUT2D eigenvalue weighted by Gasteiger charge is 2.20. The number of hydrogen-bond donors (Lipinski definition) is 0. The third-order valence-electron chi connectivity index (χ3n) is 4.81. The summed E-state index contributed by atoms with van der Waals surface area (Å²) >= 11 is 0. The van der Waals surface area contributed by atoms with Gasteiger partial charge < -0.3 is 9.15 Å². The summed E-state index contributed by atoms with van der Waals surface area (Å²) in [7, 11) is 0. The van der Waals surface area contributed by atoms with E-state index in [0.29, 0.717) is 12.1 Å². The molecule has 4 rings (SSSR count). The normalized spacial score (nSPS) is 17.3. The molecule has 1 aliphatic heterocycles. The Balaban J connectivity index is 1.49. The molecular weight excluding hydrogens is 330 g/mol. The SMILES string of the molecule is O=c1oc2ccccc2n1CCN(Cc1ccccn1)C[C@@H]1CCCO1. The molecule has 1 atom stereocenters. The fourth-order valence-electron chi connectivity index (χ4n) is 3.50. The molecule has 0 bridgehead atoms. The van der Waals surface area contributed by atoms with Gasteiger partial charge in [-0.1, -0.05) is 18.2 Å². The molecule has 0 saturated carbocycles. The second-order valence-corrected chi connectivity index (χ2v) is 6.68. The number of hydrogen-bond acceptors (Lipinski definition) is 5. The lowest BCUT2D eigenvalue weighted by Gasteiger charge is -2.25. The molecule has 3 heterocycles. The third-order valence-corrected chi connectivity index (χ3v) is 4.81. The van der Waals surface area contributed by atoms with E-state index in [9.17, 15) is 4.79 Å². The molecule has 0 N–H and O–H groups in total. The van der Waals surface area contributed by atoms with Crippen molar-refractivity contribution in [3.05, 3.63) is 64.9 Å². The highest BCUT2D eigenvalue weighted by atomic mass is 16.5. The van der Waals surface area contributed by atoms with Crippen molar-refractivity contribution < 1.29 is 9.15 Å². The van der Waals surface area contributed by atoms with Crippen molar-refractivity contribution in [2.75, 3.05) is 19.7 Å². The number of rotatable bonds is 7. The van der Waals surface area contributed by atoms with E-state index < -0.39 is 0 Å². The number of pyridine rings is 1. The van der Waals surface area contributed by atoms with Gasteiger partial charge in [0.2, 0.25) is 0 Å². The van der Waals surface area contributed by atoms with Crippen molar-refractivity contribution in [3.8, 4) is 0 Å². The first-order chi connectivity index (χ1) is 12.8. The molecule has 1 saturated heterocycles. The summed E-state index contributed by atoms with van der Waals surface area (Å²) in [6.07, 6.45) is 4.28. The van der Waals surface area contributed by atoms with Crippen LogP contribution >= 0.6 is 0 Å². The number of benzene rings is 1. The van der Waals surface area contributed by atoms with E-state index in [1.807, 2.05) is 48.7 Å². The van der Waals surface area contributed by atoms with Crippen LogP contribution in [-0.2, 0) is 17.8 Å². The maximum atomic E-state index is 12.2.